The summed E-state index contributed by atoms with van der Waals surface area (Å²) in [6.45, 7) is 6.75. The van der Waals surface area contributed by atoms with Crippen molar-refractivity contribution in [2.75, 3.05) is 30.3 Å². The second-order valence-electron chi connectivity index (χ2n) is 8.74. The smallest absolute Gasteiger partial charge is 0.226 e. The molecule has 4 rings (SSSR count). The number of ketones is 1. The molecule has 1 aliphatic heterocycles. The van der Waals surface area contributed by atoms with Crippen molar-refractivity contribution in [1.82, 2.24) is 15.3 Å². The van der Waals surface area contributed by atoms with Crippen LogP contribution in [0.5, 0.6) is 0 Å². The maximum absolute atomic E-state index is 13.1. The summed E-state index contributed by atoms with van der Waals surface area (Å²) < 4.78 is 0. The second-order valence-corrected chi connectivity index (χ2v) is 9.88. The largest absolute Gasteiger partial charge is 0.401 e. The van der Waals surface area contributed by atoms with Crippen LogP contribution in [0.4, 0.5) is 10.9 Å². The highest BCUT2D eigenvalue weighted by molar-refractivity contribution is 7.16. The molecule has 0 bridgehead atoms. The number of fused-ring (bicyclic) bond motifs is 1. The van der Waals surface area contributed by atoms with Gasteiger partial charge in [-0.05, 0) is 57.7 Å². The number of nitriles is 1. The summed E-state index contributed by atoms with van der Waals surface area (Å²) in [4.78, 5) is 25.3. The average molecular weight is 452 g/mol. The van der Waals surface area contributed by atoms with E-state index in [2.05, 4.69) is 33.2 Å². The topological polar surface area (TPSA) is 134 Å². The van der Waals surface area contributed by atoms with E-state index in [0.29, 0.717) is 27.9 Å². The number of aromatic nitrogens is 2. The van der Waals surface area contributed by atoms with Crippen LogP contribution in [0.15, 0.2) is 24.0 Å². The molecule has 5 N–H and O–H groups in total. The molecular weight excluding hydrogens is 422 g/mol. The van der Waals surface area contributed by atoms with Crippen molar-refractivity contribution < 1.29 is 4.79 Å². The molecule has 32 heavy (non-hydrogen) atoms. The van der Waals surface area contributed by atoms with Gasteiger partial charge in [0, 0.05) is 47.4 Å². The highest BCUT2D eigenvalue weighted by Crippen LogP contribution is 2.47. The van der Waals surface area contributed by atoms with Crippen molar-refractivity contribution >= 4 is 28.1 Å². The number of nitrogen functional groups attached to an aromatic ring is 1. The summed E-state index contributed by atoms with van der Waals surface area (Å²) in [5.41, 5.74) is 14.1. The van der Waals surface area contributed by atoms with Gasteiger partial charge in [0.05, 0.1) is 5.56 Å². The number of allylic oxidation sites excluding steroid dienone is 2. The Bertz CT molecular complexity index is 1100. The fraction of sp³-hybridized carbons (Fsp3) is 0.478. The monoisotopic (exact) mass is 451 g/mol. The Morgan fingerprint density at radius 2 is 2.28 bits per heavy atom. The van der Waals surface area contributed by atoms with Gasteiger partial charge in [-0.1, -0.05) is 0 Å². The van der Waals surface area contributed by atoms with Crippen molar-refractivity contribution in [3.8, 4) is 6.07 Å². The fourth-order valence-electron chi connectivity index (χ4n) is 4.70. The molecule has 2 atom stereocenters. The van der Waals surface area contributed by atoms with Crippen molar-refractivity contribution in [2.24, 2.45) is 5.73 Å². The molecule has 8 nitrogen and oxygen atoms in total. The lowest BCUT2D eigenvalue weighted by Gasteiger charge is -2.35. The van der Waals surface area contributed by atoms with Crippen LogP contribution >= 0.6 is 11.3 Å². The number of carbonyl (C=O) groups is 1. The molecule has 0 radical (unpaired) electrons. The number of nitrogens with zero attached hydrogens (tertiary/aromatic N) is 4. The lowest BCUT2D eigenvalue weighted by molar-refractivity contribution is 0.104. The van der Waals surface area contributed by atoms with Crippen LogP contribution in [-0.2, 0) is 11.8 Å². The minimum Gasteiger partial charge on any atom is -0.401 e. The number of carbonyl (C=O) groups excluding carboxylic acids is 1. The Kier molecular flexibility index (Phi) is 6.17. The van der Waals surface area contributed by atoms with Gasteiger partial charge in [-0.25, -0.2) is 9.97 Å². The summed E-state index contributed by atoms with van der Waals surface area (Å²) in [5.74, 6) is 0.296. The molecule has 1 saturated heterocycles. The molecule has 0 unspecified atom stereocenters. The van der Waals surface area contributed by atoms with Crippen LogP contribution < -0.4 is 21.7 Å². The highest BCUT2D eigenvalue weighted by Gasteiger charge is 2.39. The quantitative estimate of drug-likeness (QED) is 0.477. The lowest BCUT2D eigenvalue weighted by atomic mass is 9.70. The van der Waals surface area contributed by atoms with Crippen LogP contribution in [0, 0.1) is 11.3 Å². The normalized spacial score (nSPS) is 23.8. The van der Waals surface area contributed by atoms with E-state index in [4.69, 9.17) is 11.5 Å². The number of nitrogens with two attached hydrogens (primary N) is 2. The average Bonchev–Trinajstić information content (AvgIpc) is 2.96. The van der Waals surface area contributed by atoms with E-state index in [0.717, 1.165) is 55.8 Å². The number of hydrogen-bond donors (Lipinski definition) is 3. The van der Waals surface area contributed by atoms with E-state index in [9.17, 15) is 10.1 Å². The number of nitrogens with one attached hydrogen (secondary N) is 1. The maximum atomic E-state index is 13.1. The molecular formula is C23H29N7OS. The number of aryl methyl sites for hydroxylation is 1. The van der Waals surface area contributed by atoms with Crippen LogP contribution in [-0.4, -0.2) is 41.4 Å². The van der Waals surface area contributed by atoms with Crippen molar-refractivity contribution in [2.45, 2.75) is 51.0 Å². The zero-order valence-electron chi connectivity index (χ0n) is 18.5. The summed E-state index contributed by atoms with van der Waals surface area (Å²) in [6.07, 6.45) is 6.64. The summed E-state index contributed by atoms with van der Waals surface area (Å²) in [6, 6.07) is 4.09. The molecule has 2 aromatic heterocycles. The van der Waals surface area contributed by atoms with Crippen molar-refractivity contribution in [3.63, 3.8) is 0 Å². The third kappa shape index (κ3) is 3.96. The first-order valence-electron chi connectivity index (χ1n) is 11.0. The van der Waals surface area contributed by atoms with E-state index in [1.807, 2.05) is 6.92 Å². The Balaban J connectivity index is 1.65. The molecule has 2 aliphatic rings. The van der Waals surface area contributed by atoms with Gasteiger partial charge >= 0.3 is 0 Å². The third-order valence-electron chi connectivity index (χ3n) is 6.55. The van der Waals surface area contributed by atoms with Gasteiger partial charge in [0.25, 0.3) is 0 Å². The van der Waals surface area contributed by atoms with E-state index in [1.165, 1.54) is 17.4 Å². The molecule has 1 fully saturated rings. The molecule has 168 valence electrons. The molecule has 0 saturated carbocycles. The third-order valence-corrected chi connectivity index (χ3v) is 7.63. The number of hydrogen-bond acceptors (Lipinski definition) is 9. The highest BCUT2D eigenvalue weighted by atomic mass is 32.1. The van der Waals surface area contributed by atoms with Crippen molar-refractivity contribution in [3.05, 3.63) is 45.7 Å². The van der Waals surface area contributed by atoms with Crippen LogP contribution in [0.1, 0.15) is 59.6 Å². The maximum Gasteiger partial charge on any atom is 0.226 e. The van der Waals surface area contributed by atoms with Gasteiger partial charge in [0.15, 0.2) is 0 Å². The zero-order chi connectivity index (χ0) is 22.9. The van der Waals surface area contributed by atoms with Crippen LogP contribution in [0.25, 0.3) is 0 Å². The van der Waals surface area contributed by atoms with E-state index >= 15 is 0 Å². The van der Waals surface area contributed by atoms with Gasteiger partial charge in [-0.3, -0.25) is 4.79 Å². The molecule has 1 aliphatic carbocycles. The molecule has 3 heterocycles. The van der Waals surface area contributed by atoms with Gasteiger partial charge in [0.2, 0.25) is 11.7 Å². The first kappa shape index (κ1) is 22.2. The summed E-state index contributed by atoms with van der Waals surface area (Å²) >= 11 is 1.45. The number of rotatable bonds is 4. The fourth-order valence-corrected chi connectivity index (χ4v) is 5.89. The predicted octanol–water partition coefficient (Wildman–Crippen LogP) is 2.50. The van der Waals surface area contributed by atoms with Gasteiger partial charge in [0.1, 0.15) is 16.8 Å². The second kappa shape index (κ2) is 8.88. The minimum atomic E-state index is -0.608. The van der Waals surface area contributed by atoms with Crippen LogP contribution in [0.3, 0.4) is 0 Å². The lowest BCUT2D eigenvalue weighted by Crippen LogP contribution is -2.38. The van der Waals surface area contributed by atoms with E-state index in [-0.39, 0.29) is 11.8 Å². The van der Waals surface area contributed by atoms with Crippen molar-refractivity contribution in [1.29, 1.82) is 5.26 Å². The van der Waals surface area contributed by atoms with E-state index < -0.39 is 5.41 Å². The molecule has 0 spiro atoms. The first-order valence-corrected chi connectivity index (χ1v) is 11.8. The predicted molar refractivity (Wildman–Crippen MR) is 127 cm³/mol. The van der Waals surface area contributed by atoms with Gasteiger partial charge < -0.3 is 21.7 Å². The standard InChI is InChI=1S/C23H29N7OS/c1-14-13-27-8-4-10-30(14)22-28-9-6-16(29-22)17(31)11-19(25)23(2)7-3-5-18-20(23)15(12-24)21(26)32-18/h6,9,11,14,27H,3-5,7-8,10,13,25-26H2,1-2H3/t14-,23+/m0/s1. The van der Waals surface area contributed by atoms with Gasteiger partial charge in [-0.2, -0.15) is 5.26 Å². The summed E-state index contributed by atoms with van der Waals surface area (Å²) in [5, 5.41) is 13.6. The first-order chi connectivity index (χ1) is 15.3. The Labute approximate surface area is 192 Å². The van der Waals surface area contributed by atoms with E-state index in [1.54, 1.807) is 12.3 Å². The van der Waals surface area contributed by atoms with Gasteiger partial charge in [-0.15, -0.1) is 11.3 Å². The molecule has 2 aromatic rings. The molecule has 0 amide bonds. The number of anilines is 2. The Morgan fingerprint density at radius 1 is 1.47 bits per heavy atom. The Morgan fingerprint density at radius 3 is 3.06 bits per heavy atom. The number of thiophene rings is 1. The molecule has 9 heteroatoms. The Hall–Kier alpha value is -2.96. The zero-order valence-corrected chi connectivity index (χ0v) is 19.3. The summed E-state index contributed by atoms with van der Waals surface area (Å²) in [7, 11) is 0. The van der Waals surface area contributed by atoms with Crippen LogP contribution in [0.2, 0.25) is 0 Å². The molecule has 0 aromatic carbocycles. The SMILES string of the molecule is C[C@H]1CNCCCN1c1nccc(C(=O)C=C(N)[C@@]2(C)CCCc3sc(N)c(C#N)c32)n1. The minimum absolute atomic E-state index is 0.233.